The van der Waals surface area contributed by atoms with Crippen LogP contribution in [0, 0.1) is 0 Å². The van der Waals surface area contributed by atoms with Gasteiger partial charge in [0, 0.05) is 16.9 Å². The van der Waals surface area contributed by atoms with Crippen molar-refractivity contribution in [3.8, 4) is 44.5 Å². The molecule has 1 aliphatic rings. The Hall–Kier alpha value is -7.74. The first-order chi connectivity index (χ1) is 29.8. The first kappa shape index (κ1) is 35.4. The Morgan fingerprint density at radius 2 is 0.750 bits per heavy atom. The van der Waals surface area contributed by atoms with Crippen molar-refractivity contribution in [2.75, 3.05) is 4.90 Å². The van der Waals surface area contributed by atoms with Crippen LogP contribution in [0.5, 0.6) is 0 Å². The van der Waals surface area contributed by atoms with Crippen LogP contribution < -0.4 is 4.90 Å². The van der Waals surface area contributed by atoms with Gasteiger partial charge in [-0.3, -0.25) is 0 Å². The minimum atomic E-state index is -0.480. The van der Waals surface area contributed by atoms with Gasteiger partial charge in [0.15, 0.2) is 0 Å². The SMILES string of the molecule is c1ccc(-c2ccc(-c3ccc(N(c4ccc5ccccc5c4)c4ccccc4-c4cccc5c4-c4ccccc4C5(c4ccccc4)c4ccccc4)cc3)cc2)cc1. The molecule has 10 aromatic carbocycles. The second-order valence-electron chi connectivity index (χ2n) is 15.6. The number of fused-ring (bicyclic) bond motifs is 4. The van der Waals surface area contributed by atoms with Crippen LogP contribution in [-0.4, -0.2) is 0 Å². The molecule has 0 spiro atoms. The maximum absolute atomic E-state index is 2.44. The highest BCUT2D eigenvalue weighted by atomic mass is 15.1. The van der Waals surface area contributed by atoms with Gasteiger partial charge < -0.3 is 4.90 Å². The van der Waals surface area contributed by atoms with Gasteiger partial charge in [0.25, 0.3) is 0 Å². The van der Waals surface area contributed by atoms with Crippen LogP contribution in [0.1, 0.15) is 22.3 Å². The average molecular weight is 764 g/mol. The van der Waals surface area contributed by atoms with E-state index < -0.39 is 5.41 Å². The largest absolute Gasteiger partial charge is 0.310 e. The van der Waals surface area contributed by atoms with Crippen LogP contribution in [0.4, 0.5) is 17.1 Å². The lowest BCUT2D eigenvalue weighted by Crippen LogP contribution is -2.28. The predicted octanol–water partition coefficient (Wildman–Crippen LogP) is 15.7. The molecule has 0 atom stereocenters. The summed E-state index contributed by atoms with van der Waals surface area (Å²) in [7, 11) is 0. The van der Waals surface area contributed by atoms with Gasteiger partial charge in [-0.05, 0) is 102 Å². The second-order valence-corrected chi connectivity index (χ2v) is 15.6. The standard InChI is InChI=1S/C59H41N/c1-4-17-42(18-5-1)44-31-33-45(34-32-44)46-35-38-50(39-36-46)60(51-40-37-43-19-10-11-20-47(43)41-51)57-30-15-13-25-52(57)53-27-16-29-56-58(53)54-26-12-14-28-55(54)59(56,48-21-6-2-7-22-48)49-23-8-3-9-24-49/h1-41H. The first-order valence-corrected chi connectivity index (χ1v) is 20.8. The zero-order chi connectivity index (χ0) is 39.9. The number of hydrogen-bond donors (Lipinski definition) is 0. The molecule has 0 saturated heterocycles. The van der Waals surface area contributed by atoms with E-state index in [9.17, 15) is 0 Å². The van der Waals surface area contributed by atoms with E-state index in [0.29, 0.717) is 0 Å². The molecule has 282 valence electrons. The third-order valence-corrected chi connectivity index (χ3v) is 12.4. The molecule has 0 aromatic heterocycles. The smallest absolute Gasteiger partial charge is 0.0713 e. The van der Waals surface area contributed by atoms with Gasteiger partial charge in [0.1, 0.15) is 0 Å². The molecular formula is C59H41N. The van der Waals surface area contributed by atoms with Crippen LogP contribution in [-0.2, 0) is 5.41 Å². The Morgan fingerprint density at radius 1 is 0.283 bits per heavy atom. The Balaban J connectivity index is 1.09. The van der Waals surface area contributed by atoms with E-state index in [2.05, 4.69) is 254 Å². The van der Waals surface area contributed by atoms with Gasteiger partial charge >= 0.3 is 0 Å². The average Bonchev–Trinajstić information content (AvgIpc) is 3.64. The molecule has 1 nitrogen and oxygen atoms in total. The van der Waals surface area contributed by atoms with Gasteiger partial charge in [0.05, 0.1) is 11.1 Å². The van der Waals surface area contributed by atoms with E-state index >= 15 is 0 Å². The van der Waals surface area contributed by atoms with Crippen LogP contribution in [0.25, 0.3) is 55.3 Å². The lowest BCUT2D eigenvalue weighted by molar-refractivity contribution is 0.768. The number of benzene rings is 10. The fourth-order valence-electron chi connectivity index (χ4n) is 9.65. The molecular weight excluding hydrogens is 723 g/mol. The fourth-order valence-corrected chi connectivity index (χ4v) is 9.65. The predicted molar refractivity (Wildman–Crippen MR) is 252 cm³/mol. The summed E-state index contributed by atoms with van der Waals surface area (Å²) in [6.07, 6.45) is 0. The normalized spacial score (nSPS) is 12.5. The molecule has 11 rings (SSSR count). The van der Waals surface area contributed by atoms with Gasteiger partial charge in [0.2, 0.25) is 0 Å². The van der Waals surface area contributed by atoms with Crippen molar-refractivity contribution in [3.05, 3.63) is 271 Å². The van der Waals surface area contributed by atoms with Crippen molar-refractivity contribution in [2.24, 2.45) is 0 Å². The highest BCUT2D eigenvalue weighted by molar-refractivity contribution is 6.00. The highest BCUT2D eigenvalue weighted by Crippen LogP contribution is 2.59. The molecule has 1 heteroatoms. The molecule has 0 amide bonds. The summed E-state index contributed by atoms with van der Waals surface area (Å²) >= 11 is 0. The molecule has 0 N–H and O–H groups in total. The third-order valence-electron chi connectivity index (χ3n) is 12.4. The fraction of sp³-hybridized carbons (Fsp3) is 0.0169. The van der Waals surface area contributed by atoms with E-state index in [-0.39, 0.29) is 0 Å². The van der Waals surface area contributed by atoms with Crippen LogP contribution in [0.15, 0.2) is 249 Å². The minimum Gasteiger partial charge on any atom is -0.310 e. The Labute approximate surface area is 352 Å². The molecule has 0 unspecified atom stereocenters. The number of rotatable bonds is 8. The van der Waals surface area contributed by atoms with Crippen molar-refractivity contribution < 1.29 is 0 Å². The molecule has 0 radical (unpaired) electrons. The van der Waals surface area contributed by atoms with Crippen LogP contribution in [0.3, 0.4) is 0 Å². The highest BCUT2D eigenvalue weighted by Gasteiger charge is 2.46. The van der Waals surface area contributed by atoms with Crippen LogP contribution in [0.2, 0.25) is 0 Å². The summed E-state index contributed by atoms with van der Waals surface area (Å²) in [5, 5.41) is 2.43. The van der Waals surface area contributed by atoms with Crippen molar-refractivity contribution >= 4 is 27.8 Å². The Kier molecular flexibility index (Phi) is 8.79. The van der Waals surface area contributed by atoms with Crippen molar-refractivity contribution in [3.63, 3.8) is 0 Å². The summed E-state index contributed by atoms with van der Waals surface area (Å²) in [4.78, 5) is 2.44. The number of hydrogen-bond acceptors (Lipinski definition) is 1. The molecule has 0 bridgehead atoms. The summed E-state index contributed by atoms with van der Waals surface area (Å²) in [5.41, 5.74) is 17.7. The molecule has 1 aliphatic carbocycles. The van der Waals surface area contributed by atoms with E-state index in [1.54, 1.807) is 0 Å². The number of anilines is 3. The maximum Gasteiger partial charge on any atom is 0.0713 e. The molecule has 60 heavy (non-hydrogen) atoms. The van der Waals surface area contributed by atoms with Gasteiger partial charge in [-0.25, -0.2) is 0 Å². The molecule has 0 heterocycles. The number of para-hydroxylation sites is 1. The van der Waals surface area contributed by atoms with Crippen molar-refractivity contribution in [2.45, 2.75) is 5.41 Å². The van der Waals surface area contributed by atoms with Gasteiger partial charge in [-0.1, -0.05) is 218 Å². The monoisotopic (exact) mass is 763 g/mol. The maximum atomic E-state index is 2.44. The molecule has 10 aromatic rings. The topological polar surface area (TPSA) is 3.24 Å². The van der Waals surface area contributed by atoms with Crippen molar-refractivity contribution in [1.82, 2.24) is 0 Å². The van der Waals surface area contributed by atoms with Gasteiger partial charge in [-0.2, -0.15) is 0 Å². The zero-order valence-corrected chi connectivity index (χ0v) is 33.1. The quantitative estimate of drug-likeness (QED) is 0.149. The lowest BCUT2D eigenvalue weighted by Gasteiger charge is -2.34. The molecule has 0 saturated carbocycles. The van der Waals surface area contributed by atoms with Gasteiger partial charge in [-0.15, -0.1) is 0 Å². The summed E-state index contributed by atoms with van der Waals surface area (Å²) in [5.74, 6) is 0. The molecule has 0 fully saturated rings. The number of nitrogens with zero attached hydrogens (tertiary/aromatic N) is 1. The third kappa shape index (κ3) is 5.86. The minimum absolute atomic E-state index is 0.480. The van der Waals surface area contributed by atoms with Crippen LogP contribution >= 0.6 is 0 Å². The van der Waals surface area contributed by atoms with Crippen molar-refractivity contribution in [1.29, 1.82) is 0 Å². The second kappa shape index (κ2) is 14.9. The Morgan fingerprint density at radius 3 is 1.42 bits per heavy atom. The lowest BCUT2D eigenvalue weighted by atomic mass is 9.67. The molecule has 0 aliphatic heterocycles. The van der Waals surface area contributed by atoms with E-state index in [0.717, 1.165) is 17.1 Å². The van der Waals surface area contributed by atoms with E-state index in [1.165, 1.54) is 77.5 Å². The zero-order valence-electron chi connectivity index (χ0n) is 33.1. The first-order valence-electron chi connectivity index (χ1n) is 20.8. The summed E-state index contributed by atoms with van der Waals surface area (Å²) in [6, 6.07) is 91.0. The van der Waals surface area contributed by atoms with E-state index in [4.69, 9.17) is 0 Å². The Bertz CT molecular complexity index is 3070. The summed E-state index contributed by atoms with van der Waals surface area (Å²) in [6.45, 7) is 0. The van der Waals surface area contributed by atoms with E-state index in [1.807, 2.05) is 0 Å². The summed E-state index contributed by atoms with van der Waals surface area (Å²) < 4.78 is 0.